The molecule has 2 amide bonds. The molecule has 0 bridgehead atoms. The van der Waals surface area contributed by atoms with Gasteiger partial charge in [0.2, 0.25) is 11.8 Å². The van der Waals surface area contributed by atoms with Crippen LogP contribution in [0, 0.1) is 0 Å². The SMILES string of the molecule is CC(=O)Nc1ccc2c(c1)NC(=O)C21CCOCC1. The van der Waals surface area contributed by atoms with Crippen LogP contribution in [-0.2, 0) is 19.7 Å². The van der Waals surface area contributed by atoms with Crippen molar-refractivity contribution >= 4 is 23.2 Å². The minimum absolute atomic E-state index is 0.0470. The lowest BCUT2D eigenvalue weighted by molar-refractivity contribution is -0.124. The van der Waals surface area contributed by atoms with E-state index in [2.05, 4.69) is 10.6 Å². The van der Waals surface area contributed by atoms with Gasteiger partial charge in [0, 0.05) is 31.5 Å². The van der Waals surface area contributed by atoms with Crippen LogP contribution in [-0.4, -0.2) is 25.0 Å². The molecule has 0 atom stereocenters. The number of hydrogen-bond donors (Lipinski definition) is 2. The van der Waals surface area contributed by atoms with Crippen LogP contribution in [0.25, 0.3) is 0 Å². The lowest BCUT2D eigenvalue weighted by Crippen LogP contribution is -2.39. The van der Waals surface area contributed by atoms with Crippen LogP contribution in [0.3, 0.4) is 0 Å². The summed E-state index contributed by atoms with van der Waals surface area (Å²) in [5, 5.41) is 5.65. The average molecular weight is 260 g/mol. The van der Waals surface area contributed by atoms with Crippen molar-refractivity contribution in [3.8, 4) is 0 Å². The predicted octanol–water partition coefficient (Wildman–Crippen LogP) is 1.65. The van der Waals surface area contributed by atoms with Gasteiger partial charge in [-0.3, -0.25) is 9.59 Å². The number of carbonyl (C=O) groups is 2. The predicted molar refractivity (Wildman–Crippen MR) is 71.1 cm³/mol. The number of benzene rings is 1. The highest BCUT2D eigenvalue weighted by Gasteiger charge is 2.47. The Kier molecular flexibility index (Phi) is 2.78. The molecule has 0 unspecified atom stereocenters. The summed E-state index contributed by atoms with van der Waals surface area (Å²) in [6, 6.07) is 5.60. The number of fused-ring (bicyclic) bond motifs is 2. The second-order valence-corrected chi connectivity index (χ2v) is 5.09. The number of carbonyl (C=O) groups excluding carboxylic acids is 2. The van der Waals surface area contributed by atoms with E-state index in [4.69, 9.17) is 4.74 Å². The molecular formula is C14H16N2O3. The molecule has 2 aliphatic rings. The van der Waals surface area contributed by atoms with Crippen molar-refractivity contribution in [2.24, 2.45) is 0 Å². The highest BCUT2D eigenvalue weighted by Crippen LogP contribution is 2.45. The van der Waals surface area contributed by atoms with Gasteiger partial charge in [-0.05, 0) is 30.5 Å². The zero-order chi connectivity index (χ0) is 13.5. The second-order valence-electron chi connectivity index (χ2n) is 5.09. The van der Waals surface area contributed by atoms with E-state index in [9.17, 15) is 9.59 Å². The summed E-state index contributed by atoms with van der Waals surface area (Å²) >= 11 is 0. The van der Waals surface area contributed by atoms with E-state index >= 15 is 0 Å². The molecule has 5 heteroatoms. The zero-order valence-electron chi connectivity index (χ0n) is 10.8. The molecule has 2 aliphatic heterocycles. The van der Waals surface area contributed by atoms with Crippen LogP contribution in [0.4, 0.5) is 11.4 Å². The Hall–Kier alpha value is -1.88. The normalized spacial score (nSPS) is 19.9. The van der Waals surface area contributed by atoms with Gasteiger partial charge in [-0.2, -0.15) is 0 Å². The van der Waals surface area contributed by atoms with Crippen LogP contribution >= 0.6 is 0 Å². The van der Waals surface area contributed by atoms with Crippen molar-refractivity contribution in [2.45, 2.75) is 25.2 Å². The lowest BCUT2D eigenvalue weighted by Gasteiger charge is -2.31. The number of rotatable bonds is 1. The highest BCUT2D eigenvalue weighted by atomic mass is 16.5. The minimum Gasteiger partial charge on any atom is -0.381 e. The first kappa shape index (κ1) is 12.2. The van der Waals surface area contributed by atoms with Gasteiger partial charge in [-0.15, -0.1) is 0 Å². The van der Waals surface area contributed by atoms with E-state index in [0.29, 0.717) is 31.7 Å². The van der Waals surface area contributed by atoms with E-state index in [1.807, 2.05) is 18.2 Å². The Morgan fingerprint density at radius 1 is 1.37 bits per heavy atom. The molecule has 3 rings (SSSR count). The van der Waals surface area contributed by atoms with E-state index in [1.54, 1.807) is 0 Å². The molecule has 1 fully saturated rings. The van der Waals surface area contributed by atoms with Crippen LogP contribution < -0.4 is 10.6 Å². The van der Waals surface area contributed by atoms with Gasteiger partial charge in [0.05, 0.1) is 5.41 Å². The first-order chi connectivity index (χ1) is 9.12. The molecule has 100 valence electrons. The number of amides is 2. The molecule has 5 nitrogen and oxygen atoms in total. The third-order valence-corrected chi connectivity index (χ3v) is 3.88. The summed E-state index contributed by atoms with van der Waals surface area (Å²) in [5.41, 5.74) is 2.09. The molecule has 1 aromatic rings. The van der Waals surface area contributed by atoms with Crippen molar-refractivity contribution < 1.29 is 14.3 Å². The Labute approximate surface area is 111 Å². The summed E-state index contributed by atoms with van der Waals surface area (Å²) in [6.45, 7) is 2.69. The van der Waals surface area contributed by atoms with Crippen LogP contribution in [0.5, 0.6) is 0 Å². The Balaban J connectivity index is 1.98. The fraction of sp³-hybridized carbons (Fsp3) is 0.429. The minimum atomic E-state index is -0.442. The second kappa shape index (κ2) is 4.35. The van der Waals surface area contributed by atoms with Gasteiger partial charge in [0.1, 0.15) is 0 Å². The van der Waals surface area contributed by atoms with Gasteiger partial charge in [-0.25, -0.2) is 0 Å². The maximum atomic E-state index is 12.3. The largest absolute Gasteiger partial charge is 0.381 e. The zero-order valence-corrected chi connectivity index (χ0v) is 10.8. The summed E-state index contributed by atoms with van der Waals surface area (Å²) in [5.74, 6) is -0.0733. The molecule has 0 aromatic heterocycles. The maximum Gasteiger partial charge on any atom is 0.235 e. The summed E-state index contributed by atoms with van der Waals surface area (Å²) < 4.78 is 5.36. The van der Waals surface area contributed by atoms with Crippen molar-refractivity contribution in [1.82, 2.24) is 0 Å². The standard InChI is InChI=1S/C14H16N2O3/c1-9(17)15-10-2-3-11-12(8-10)16-13(18)14(11)4-6-19-7-5-14/h2-3,8H,4-7H2,1H3,(H,15,17)(H,16,18). The van der Waals surface area contributed by atoms with Crippen LogP contribution in [0.15, 0.2) is 18.2 Å². The third-order valence-electron chi connectivity index (χ3n) is 3.88. The number of ether oxygens (including phenoxy) is 1. The average Bonchev–Trinajstić information content (AvgIpc) is 2.62. The summed E-state index contributed by atoms with van der Waals surface area (Å²) in [6.07, 6.45) is 1.43. The molecule has 19 heavy (non-hydrogen) atoms. The molecule has 1 spiro atoms. The maximum absolute atomic E-state index is 12.3. The Bertz CT molecular complexity index is 548. The van der Waals surface area contributed by atoms with Crippen LogP contribution in [0.2, 0.25) is 0 Å². The Morgan fingerprint density at radius 3 is 2.79 bits per heavy atom. The number of hydrogen-bond acceptors (Lipinski definition) is 3. The van der Waals surface area contributed by atoms with Crippen molar-refractivity contribution in [1.29, 1.82) is 0 Å². The van der Waals surface area contributed by atoms with Gasteiger partial charge < -0.3 is 15.4 Å². The van der Waals surface area contributed by atoms with Crippen molar-refractivity contribution in [2.75, 3.05) is 23.8 Å². The summed E-state index contributed by atoms with van der Waals surface area (Å²) in [7, 11) is 0. The Morgan fingerprint density at radius 2 is 2.11 bits per heavy atom. The van der Waals surface area contributed by atoms with E-state index in [0.717, 1.165) is 11.3 Å². The van der Waals surface area contributed by atoms with E-state index < -0.39 is 5.41 Å². The molecule has 1 aromatic carbocycles. The molecule has 0 radical (unpaired) electrons. The molecular weight excluding hydrogens is 244 g/mol. The van der Waals surface area contributed by atoms with Gasteiger partial charge in [0.25, 0.3) is 0 Å². The third kappa shape index (κ3) is 1.90. The fourth-order valence-corrected chi connectivity index (χ4v) is 2.93. The highest BCUT2D eigenvalue weighted by molar-refractivity contribution is 6.07. The monoisotopic (exact) mass is 260 g/mol. The quantitative estimate of drug-likeness (QED) is 0.806. The van der Waals surface area contributed by atoms with Gasteiger partial charge in [-0.1, -0.05) is 6.07 Å². The lowest BCUT2D eigenvalue weighted by atomic mass is 9.75. The van der Waals surface area contributed by atoms with E-state index in [1.165, 1.54) is 6.92 Å². The van der Waals surface area contributed by atoms with Crippen molar-refractivity contribution in [3.63, 3.8) is 0 Å². The summed E-state index contributed by atoms with van der Waals surface area (Å²) in [4.78, 5) is 23.3. The molecule has 0 aliphatic carbocycles. The first-order valence-corrected chi connectivity index (χ1v) is 6.43. The van der Waals surface area contributed by atoms with Gasteiger partial charge in [0.15, 0.2) is 0 Å². The van der Waals surface area contributed by atoms with Crippen molar-refractivity contribution in [3.05, 3.63) is 23.8 Å². The van der Waals surface area contributed by atoms with Crippen LogP contribution in [0.1, 0.15) is 25.3 Å². The topological polar surface area (TPSA) is 67.4 Å². The number of anilines is 2. The first-order valence-electron chi connectivity index (χ1n) is 6.43. The molecule has 1 saturated heterocycles. The molecule has 2 N–H and O–H groups in total. The fourth-order valence-electron chi connectivity index (χ4n) is 2.93. The van der Waals surface area contributed by atoms with Gasteiger partial charge >= 0.3 is 0 Å². The number of nitrogens with one attached hydrogen (secondary N) is 2. The smallest absolute Gasteiger partial charge is 0.235 e. The molecule has 2 heterocycles. The molecule has 0 saturated carbocycles. The van der Waals surface area contributed by atoms with E-state index in [-0.39, 0.29) is 11.8 Å².